The van der Waals surface area contributed by atoms with Gasteiger partial charge in [0.15, 0.2) is 0 Å². The Bertz CT molecular complexity index is 573. The van der Waals surface area contributed by atoms with Gasteiger partial charge in [-0.1, -0.05) is 60.7 Å². The van der Waals surface area contributed by atoms with Gasteiger partial charge in [-0.15, -0.1) is 12.4 Å². The van der Waals surface area contributed by atoms with E-state index in [0.29, 0.717) is 0 Å². The van der Waals surface area contributed by atoms with Gasteiger partial charge in [0.05, 0.1) is 0 Å². The number of aliphatic hydroxyl groups is 1. The first-order valence-electron chi connectivity index (χ1n) is 8.38. The molecule has 3 nitrogen and oxygen atoms in total. The van der Waals surface area contributed by atoms with Crippen LogP contribution in [-0.2, 0) is 5.60 Å². The molecule has 4 heteroatoms. The normalized spacial score (nSPS) is 18.0. The van der Waals surface area contributed by atoms with E-state index in [-0.39, 0.29) is 18.4 Å². The molecule has 0 bridgehead atoms. The Morgan fingerprint density at radius 3 is 1.67 bits per heavy atom. The number of hydrogen-bond donors (Lipinski definition) is 1. The van der Waals surface area contributed by atoms with Crippen molar-refractivity contribution in [1.82, 2.24) is 9.80 Å². The third kappa shape index (κ3) is 3.65. The Morgan fingerprint density at radius 1 is 0.833 bits per heavy atom. The minimum Gasteiger partial charge on any atom is -0.379 e. The van der Waals surface area contributed by atoms with Crippen molar-refractivity contribution in [3.63, 3.8) is 0 Å². The summed E-state index contributed by atoms with van der Waals surface area (Å²) in [6.45, 7) is 6.21. The summed E-state index contributed by atoms with van der Waals surface area (Å²) < 4.78 is 0. The van der Waals surface area contributed by atoms with Crippen LogP contribution in [0.1, 0.15) is 18.1 Å². The molecule has 1 atom stereocenters. The molecule has 3 rings (SSSR count). The molecule has 2 aromatic carbocycles. The van der Waals surface area contributed by atoms with E-state index in [4.69, 9.17) is 0 Å². The zero-order valence-electron chi connectivity index (χ0n) is 14.4. The van der Waals surface area contributed by atoms with Crippen LogP contribution < -0.4 is 0 Å². The Labute approximate surface area is 151 Å². The van der Waals surface area contributed by atoms with Gasteiger partial charge in [0, 0.05) is 32.2 Å². The van der Waals surface area contributed by atoms with Crippen LogP contribution in [0.3, 0.4) is 0 Å². The maximum atomic E-state index is 11.8. The smallest absolute Gasteiger partial charge is 0.130 e. The van der Waals surface area contributed by atoms with E-state index in [0.717, 1.165) is 37.3 Å². The van der Waals surface area contributed by atoms with Gasteiger partial charge in [0.2, 0.25) is 0 Å². The largest absolute Gasteiger partial charge is 0.379 e. The topological polar surface area (TPSA) is 26.7 Å². The van der Waals surface area contributed by atoms with Crippen molar-refractivity contribution in [2.24, 2.45) is 0 Å². The Hall–Kier alpha value is -1.39. The van der Waals surface area contributed by atoms with E-state index in [2.05, 4.69) is 23.8 Å². The summed E-state index contributed by atoms with van der Waals surface area (Å²) in [7, 11) is 2.16. The standard InChI is InChI=1S/C20H26N2O.ClH/c1-17(22-15-13-21(2)14-16-22)20(23,18-9-5-3-6-10-18)19-11-7-4-8-12-19;/h3-12,17,23H,13-16H2,1-2H3;1H. The van der Waals surface area contributed by atoms with Gasteiger partial charge in [-0.3, -0.25) is 4.90 Å². The van der Waals surface area contributed by atoms with E-state index in [1.54, 1.807) is 0 Å². The van der Waals surface area contributed by atoms with Crippen LogP contribution in [-0.4, -0.2) is 54.2 Å². The summed E-state index contributed by atoms with van der Waals surface area (Å²) in [6.07, 6.45) is 0. The predicted octanol–water partition coefficient (Wildman–Crippen LogP) is 2.98. The maximum absolute atomic E-state index is 11.8. The number of piperazine rings is 1. The fourth-order valence-corrected chi connectivity index (χ4v) is 3.51. The van der Waals surface area contributed by atoms with E-state index in [1.807, 2.05) is 60.7 Å². The molecule has 0 saturated carbocycles. The van der Waals surface area contributed by atoms with Crippen LogP contribution in [0.4, 0.5) is 0 Å². The second-order valence-corrected chi connectivity index (χ2v) is 6.51. The molecule has 0 radical (unpaired) electrons. The molecular formula is C20H27ClN2O. The maximum Gasteiger partial charge on any atom is 0.130 e. The van der Waals surface area contributed by atoms with E-state index < -0.39 is 5.60 Å². The van der Waals surface area contributed by atoms with Crippen molar-refractivity contribution in [3.8, 4) is 0 Å². The quantitative estimate of drug-likeness (QED) is 0.922. The molecule has 1 heterocycles. The van der Waals surface area contributed by atoms with E-state index >= 15 is 0 Å². The third-order valence-electron chi connectivity index (χ3n) is 5.12. The molecule has 0 spiro atoms. The summed E-state index contributed by atoms with van der Waals surface area (Å²) >= 11 is 0. The molecule has 0 aliphatic carbocycles. The molecule has 1 aliphatic rings. The third-order valence-corrected chi connectivity index (χ3v) is 5.12. The zero-order valence-corrected chi connectivity index (χ0v) is 15.2. The number of likely N-dealkylation sites (N-methyl/N-ethyl adjacent to an activating group) is 1. The zero-order chi connectivity index (χ0) is 16.3. The minimum absolute atomic E-state index is 0. The molecule has 1 saturated heterocycles. The average Bonchev–Trinajstić information content (AvgIpc) is 2.62. The number of nitrogens with zero attached hydrogens (tertiary/aromatic N) is 2. The van der Waals surface area contributed by atoms with Gasteiger partial charge in [-0.05, 0) is 25.1 Å². The lowest BCUT2D eigenvalue weighted by Crippen LogP contribution is -2.55. The summed E-state index contributed by atoms with van der Waals surface area (Å²) in [6, 6.07) is 20.1. The van der Waals surface area contributed by atoms with Gasteiger partial charge in [-0.25, -0.2) is 0 Å². The number of hydrogen-bond acceptors (Lipinski definition) is 3. The van der Waals surface area contributed by atoms with Crippen molar-refractivity contribution in [3.05, 3.63) is 71.8 Å². The Kier molecular flexibility index (Phi) is 6.41. The molecule has 24 heavy (non-hydrogen) atoms. The van der Waals surface area contributed by atoms with Crippen molar-refractivity contribution >= 4 is 12.4 Å². The molecule has 1 fully saturated rings. The first kappa shape index (κ1) is 18.9. The lowest BCUT2D eigenvalue weighted by molar-refractivity contribution is -0.0272. The highest BCUT2D eigenvalue weighted by Crippen LogP contribution is 2.35. The molecule has 1 N–H and O–H groups in total. The molecule has 0 amide bonds. The van der Waals surface area contributed by atoms with Gasteiger partial charge in [-0.2, -0.15) is 0 Å². The fraction of sp³-hybridized carbons (Fsp3) is 0.400. The van der Waals surface area contributed by atoms with Crippen LogP contribution in [0.2, 0.25) is 0 Å². The Balaban J connectivity index is 0.00000208. The molecule has 2 aromatic rings. The van der Waals surface area contributed by atoms with Crippen molar-refractivity contribution < 1.29 is 5.11 Å². The van der Waals surface area contributed by atoms with Crippen molar-refractivity contribution in [2.75, 3.05) is 33.2 Å². The summed E-state index contributed by atoms with van der Waals surface area (Å²) in [5.74, 6) is 0. The van der Waals surface area contributed by atoms with Crippen LogP contribution in [0.25, 0.3) is 0 Å². The van der Waals surface area contributed by atoms with Gasteiger partial charge >= 0.3 is 0 Å². The van der Waals surface area contributed by atoms with E-state index in [1.165, 1.54) is 0 Å². The number of rotatable bonds is 4. The lowest BCUT2D eigenvalue weighted by Gasteiger charge is -2.44. The van der Waals surface area contributed by atoms with Crippen molar-refractivity contribution in [1.29, 1.82) is 0 Å². The van der Waals surface area contributed by atoms with Gasteiger partial charge < -0.3 is 10.0 Å². The van der Waals surface area contributed by atoms with E-state index in [9.17, 15) is 5.11 Å². The number of benzene rings is 2. The summed E-state index contributed by atoms with van der Waals surface area (Å²) in [4.78, 5) is 4.74. The highest BCUT2D eigenvalue weighted by atomic mass is 35.5. The first-order chi connectivity index (χ1) is 11.1. The Morgan fingerprint density at radius 2 is 1.25 bits per heavy atom. The molecule has 1 unspecified atom stereocenters. The van der Waals surface area contributed by atoms with Gasteiger partial charge in [0.1, 0.15) is 5.60 Å². The average molecular weight is 347 g/mol. The van der Waals surface area contributed by atoms with Gasteiger partial charge in [0.25, 0.3) is 0 Å². The molecule has 130 valence electrons. The fourth-order valence-electron chi connectivity index (χ4n) is 3.51. The van der Waals surface area contributed by atoms with Crippen LogP contribution in [0.15, 0.2) is 60.7 Å². The second kappa shape index (κ2) is 8.13. The second-order valence-electron chi connectivity index (χ2n) is 6.51. The number of halogens is 1. The SMILES string of the molecule is CC(N1CCN(C)CC1)C(O)(c1ccccc1)c1ccccc1.Cl. The highest BCUT2D eigenvalue weighted by molar-refractivity contribution is 5.85. The molecule has 0 aromatic heterocycles. The molecular weight excluding hydrogens is 320 g/mol. The molecule has 1 aliphatic heterocycles. The lowest BCUT2D eigenvalue weighted by atomic mass is 9.80. The minimum atomic E-state index is -1.00. The van der Waals surface area contributed by atoms with Crippen LogP contribution in [0, 0.1) is 0 Å². The summed E-state index contributed by atoms with van der Waals surface area (Å²) in [5.41, 5.74) is 0.911. The highest BCUT2D eigenvalue weighted by Gasteiger charge is 2.41. The summed E-state index contributed by atoms with van der Waals surface area (Å²) in [5, 5.41) is 11.8. The van der Waals surface area contributed by atoms with Crippen molar-refractivity contribution in [2.45, 2.75) is 18.6 Å². The monoisotopic (exact) mass is 346 g/mol. The van der Waals surface area contributed by atoms with Crippen LogP contribution >= 0.6 is 12.4 Å². The predicted molar refractivity (Wildman–Crippen MR) is 102 cm³/mol. The first-order valence-corrected chi connectivity index (χ1v) is 8.38. The van der Waals surface area contributed by atoms with Crippen LogP contribution in [0.5, 0.6) is 0 Å².